The van der Waals surface area contributed by atoms with E-state index < -0.39 is 9.71 Å². The molecule has 96 valence electrons. The first-order valence-corrected chi connectivity index (χ1v) is 8.82. The van der Waals surface area contributed by atoms with E-state index in [1.165, 1.54) is 5.56 Å². The van der Waals surface area contributed by atoms with E-state index in [9.17, 15) is 4.21 Å². The lowest BCUT2D eigenvalue weighted by molar-refractivity contribution is 0.670. The molecule has 2 nitrogen and oxygen atoms in total. The van der Waals surface area contributed by atoms with Crippen LogP contribution in [-0.4, -0.2) is 26.8 Å². The molecule has 1 aromatic carbocycles. The minimum atomic E-state index is -1.99. The molecule has 1 rings (SSSR count). The second-order valence-electron chi connectivity index (χ2n) is 3.67. The third-order valence-corrected chi connectivity index (χ3v) is 5.84. The predicted molar refractivity (Wildman–Crippen MR) is 81.0 cm³/mol. The highest BCUT2D eigenvalue weighted by Gasteiger charge is 2.05. The first-order chi connectivity index (χ1) is 8.20. The maximum absolute atomic E-state index is 12.4. The Kier molecular flexibility index (Phi) is 6.70. The maximum atomic E-state index is 12.4. The summed E-state index contributed by atoms with van der Waals surface area (Å²) in [5, 5.41) is 1.81. The maximum Gasteiger partial charge on any atom is 0.0382 e. The lowest BCUT2D eigenvalue weighted by atomic mass is 10.2. The normalized spacial score (nSPS) is 14.2. The highest BCUT2D eigenvalue weighted by Crippen LogP contribution is 2.03. The van der Waals surface area contributed by atoms with Gasteiger partial charge < -0.3 is 0 Å². The second-order valence-corrected chi connectivity index (χ2v) is 7.68. The molecule has 0 aliphatic heterocycles. The van der Waals surface area contributed by atoms with Crippen LogP contribution < -0.4 is 4.72 Å². The minimum absolute atomic E-state index is 0.667. The zero-order valence-corrected chi connectivity index (χ0v) is 12.2. The molecular weight excluding hydrogens is 250 g/mol. The van der Waals surface area contributed by atoms with E-state index in [1.54, 1.807) is 0 Å². The fourth-order valence-corrected chi connectivity index (χ4v) is 4.11. The Bertz CT molecular complexity index is 422. The SMILES string of the molecule is CC=S(=O)(CCSCC)NCc1ccccc1. The van der Waals surface area contributed by atoms with Gasteiger partial charge in [-0.3, -0.25) is 4.21 Å². The van der Waals surface area contributed by atoms with Gasteiger partial charge in [-0.05, 0) is 23.6 Å². The van der Waals surface area contributed by atoms with Gasteiger partial charge in [-0.25, -0.2) is 4.72 Å². The number of hydrogen-bond acceptors (Lipinski definition) is 2. The number of benzene rings is 1. The van der Waals surface area contributed by atoms with E-state index in [2.05, 4.69) is 11.6 Å². The van der Waals surface area contributed by atoms with Crippen molar-refractivity contribution in [2.45, 2.75) is 20.4 Å². The molecule has 0 fully saturated rings. The van der Waals surface area contributed by atoms with E-state index in [4.69, 9.17) is 0 Å². The van der Waals surface area contributed by atoms with Crippen molar-refractivity contribution >= 4 is 26.8 Å². The van der Waals surface area contributed by atoms with Crippen LogP contribution in [0.25, 0.3) is 0 Å². The summed E-state index contributed by atoms with van der Waals surface area (Å²) >= 11 is 1.83. The quantitative estimate of drug-likeness (QED) is 0.610. The molecule has 0 radical (unpaired) electrons. The standard InChI is InChI=1S/C13H21NOS2/c1-3-16-10-11-17(15,4-2)14-12-13-8-6-5-7-9-13/h4-9H,3,10-12H2,1-2H3,(H,14,15). The van der Waals surface area contributed by atoms with E-state index in [1.807, 2.05) is 54.4 Å². The average molecular weight is 271 g/mol. The minimum Gasteiger partial charge on any atom is -0.253 e. The average Bonchev–Trinajstić information content (AvgIpc) is 2.38. The molecule has 0 spiro atoms. The topological polar surface area (TPSA) is 29.1 Å². The predicted octanol–water partition coefficient (Wildman–Crippen LogP) is 2.55. The number of nitrogens with one attached hydrogen (secondary N) is 1. The molecule has 0 aliphatic rings. The molecular formula is C13H21NOS2. The smallest absolute Gasteiger partial charge is 0.0382 e. The van der Waals surface area contributed by atoms with E-state index >= 15 is 0 Å². The van der Waals surface area contributed by atoms with Crippen molar-refractivity contribution in [1.29, 1.82) is 0 Å². The van der Waals surface area contributed by atoms with Crippen molar-refractivity contribution < 1.29 is 4.21 Å². The van der Waals surface area contributed by atoms with Crippen molar-refractivity contribution in [3.63, 3.8) is 0 Å². The van der Waals surface area contributed by atoms with Crippen LogP contribution in [0.3, 0.4) is 0 Å². The molecule has 0 aliphatic carbocycles. The summed E-state index contributed by atoms with van der Waals surface area (Å²) in [7, 11) is -1.99. The van der Waals surface area contributed by atoms with Crippen LogP contribution >= 0.6 is 11.8 Å². The van der Waals surface area contributed by atoms with Gasteiger partial charge in [-0.1, -0.05) is 37.3 Å². The molecule has 0 amide bonds. The van der Waals surface area contributed by atoms with Gasteiger partial charge in [-0.15, -0.1) is 0 Å². The highest BCUT2D eigenvalue weighted by molar-refractivity contribution is 8.02. The van der Waals surface area contributed by atoms with Crippen LogP contribution in [0.4, 0.5) is 0 Å². The zero-order chi connectivity index (χ0) is 12.6. The van der Waals surface area contributed by atoms with Crippen molar-refractivity contribution in [3.05, 3.63) is 35.9 Å². The Morgan fingerprint density at radius 1 is 1.35 bits per heavy atom. The molecule has 0 heterocycles. The van der Waals surface area contributed by atoms with Gasteiger partial charge >= 0.3 is 0 Å². The first-order valence-electron chi connectivity index (χ1n) is 5.87. The summed E-state index contributed by atoms with van der Waals surface area (Å²) in [4.78, 5) is 0. The van der Waals surface area contributed by atoms with Gasteiger partial charge in [-0.2, -0.15) is 11.8 Å². The van der Waals surface area contributed by atoms with Crippen molar-refractivity contribution in [3.8, 4) is 0 Å². The molecule has 0 saturated heterocycles. The van der Waals surface area contributed by atoms with Crippen LogP contribution in [0.5, 0.6) is 0 Å². The van der Waals surface area contributed by atoms with Crippen molar-refractivity contribution in [1.82, 2.24) is 4.72 Å². The van der Waals surface area contributed by atoms with E-state index in [0.29, 0.717) is 6.54 Å². The van der Waals surface area contributed by atoms with Crippen LogP contribution in [0.1, 0.15) is 19.4 Å². The first kappa shape index (κ1) is 14.6. The summed E-state index contributed by atoms with van der Waals surface area (Å²) in [5.74, 6) is 2.74. The highest BCUT2D eigenvalue weighted by atomic mass is 32.2. The zero-order valence-electron chi connectivity index (χ0n) is 10.5. The Hall–Kier alpha value is -0.450. The third kappa shape index (κ3) is 5.61. The van der Waals surface area contributed by atoms with Crippen LogP contribution in [0.2, 0.25) is 0 Å². The third-order valence-electron chi connectivity index (χ3n) is 2.48. The molecule has 1 unspecified atom stereocenters. The Labute approximate surface area is 109 Å². The molecule has 1 aromatic rings. The van der Waals surface area contributed by atoms with E-state index in [0.717, 1.165) is 17.3 Å². The molecule has 1 atom stereocenters. The number of thioether (sulfide) groups is 1. The fraction of sp³-hybridized carbons (Fsp3) is 0.462. The lowest BCUT2D eigenvalue weighted by Gasteiger charge is -2.12. The lowest BCUT2D eigenvalue weighted by Crippen LogP contribution is -2.28. The monoisotopic (exact) mass is 271 g/mol. The summed E-state index contributed by atoms with van der Waals surface area (Å²) in [6, 6.07) is 10.1. The van der Waals surface area contributed by atoms with Gasteiger partial charge in [0.05, 0.1) is 0 Å². The van der Waals surface area contributed by atoms with Crippen molar-refractivity contribution in [2.24, 2.45) is 0 Å². The van der Waals surface area contributed by atoms with Gasteiger partial charge in [0.25, 0.3) is 0 Å². The molecule has 0 saturated carbocycles. The van der Waals surface area contributed by atoms with Gasteiger partial charge in [0.1, 0.15) is 0 Å². The Morgan fingerprint density at radius 3 is 2.65 bits per heavy atom. The second kappa shape index (κ2) is 7.80. The molecule has 17 heavy (non-hydrogen) atoms. The molecule has 1 N–H and O–H groups in total. The van der Waals surface area contributed by atoms with Crippen molar-refractivity contribution in [2.75, 3.05) is 17.3 Å². The van der Waals surface area contributed by atoms with Crippen LogP contribution in [0, 0.1) is 0 Å². The van der Waals surface area contributed by atoms with Crippen LogP contribution in [0.15, 0.2) is 30.3 Å². The number of hydrogen-bond donors (Lipinski definition) is 1. The molecule has 0 bridgehead atoms. The summed E-state index contributed by atoms with van der Waals surface area (Å²) in [6.45, 7) is 4.66. The summed E-state index contributed by atoms with van der Waals surface area (Å²) < 4.78 is 15.6. The van der Waals surface area contributed by atoms with Gasteiger partial charge in [0.2, 0.25) is 0 Å². The molecule has 4 heteroatoms. The Balaban J connectivity index is 2.50. The molecule has 0 aromatic heterocycles. The van der Waals surface area contributed by atoms with E-state index in [-0.39, 0.29) is 0 Å². The Morgan fingerprint density at radius 2 is 2.06 bits per heavy atom. The van der Waals surface area contributed by atoms with Gasteiger partial charge in [0.15, 0.2) is 0 Å². The summed E-state index contributed by atoms with van der Waals surface area (Å²) in [5.41, 5.74) is 1.17. The number of rotatable bonds is 7. The van der Waals surface area contributed by atoms with Gasteiger partial charge in [0, 0.05) is 27.8 Å². The summed E-state index contributed by atoms with van der Waals surface area (Å²) in [6.07, 6.45) is 0. The van der Waals surface area contributed by atoms with Crippen LogP contribution in [-0.2, 0) is 16.3 Å². The largest absolute Gasteiger partial charge is 0.253 e. The fourth-order valence-electron chi connectivity index (χ4n) is 1.40.